The van der Waals surface area contributed by atoms with E-state index in [1.165, 1.54) is 0 Å². The van der Waals surface area contributed by atoms with Crippen LogP contribution in [0.3, 0.4) is 0 Å². The zero-order valence-corrected chi connectivity index (χ0v) is 12.8. The minimum atomic E-state index is -0.218. The number of anilines is 2. The van der Waals surface area contributed by atoms with E-state index < -0.39 is 0 Å². The first-order valence-corrected chi connectivity index (χ1v) is 7.67. The summed E-state index contributed by atoms with van der Waals surface area (Å²) in [5.41, 5.74) is 6.81. The van der Waals surface area contributed by atoms with E-state index in [0.29, 0.717) is 22.8 Å². The van der Waals surface area contributed by atoms with E-state index in [0.717, 1.165) is 38.9 Å². The second kappa shape index (κ2) is 7.64. The van der Waals surface area contributed by atoms with Gasteiger partial charge in [-0.3, -0.25) is 4.79 Å². The average molecular weight is 312 g/mol. The van der Waals surface area contributed by atoms with Crippen LogP contribution in [0.2, 0.25) is 5.02 Å². The van der Waals surface area contributed by atoms with E-state index in [1.54, 1.807) is 18.2 Å². The largest absolute Gasteiger partial charge is 0.397 e. The van der Waals surface area contributed by atoms with E-state index in [1.807, 2.05) is 0 Å². The van der Waals surface area contributed by atoms with Crippen LogP contribution in [0.4, 0.5) is 11.4 Å². The van der Waals surface area contributed by atoms with Crippen molar-refractivity contribution in [3.63, 3.8) is 0 Å². The summed E-state index contributed by atoms with van der Waals surface area (Å²) in [6.45, 7) is 2.56. The first-order valence-electron chi connectivity index (χ1n) is 7.30. The van der Waals surface area contributed by atoms with Gasteiger partial charge in [-0.1, -0.05) is 11.6 Å². The molecule has 2 rings (SSSR count). The maximum Gasteiger partial charge on any atom is 0.224 e. The minimum absolute atomic E-state index is 0.0331. The van der Waals surface area contributed by atoms with E-state index >= 15 is 0 Å². The molecule has 1 atom stereocenters. The van der Waals surface area contributed by atoms with Crippen molar-refractivity contribution in [1.29, 1.82) is 0 Å². The van der Waals surface area contributed by atoms with Crippen LogP contribution < -0.4 is 11.1 Å². The number of carbonyl (C=O) groups is 1. The first-order chi connectivity index (χ1) is 10.0. The van der Waals surface area contributed by atoms with E-state index in [2.05, 4.69) is 10.2 Å². The average Bonchev–Trinajstić information content (AvgIpc) is 2.43. The summed E-state index contributed by atoms with van der Waals surface area (Å²) in [4.78, 5) is 14.1. The van der Waals surface area contributed by atoms with Crippen molar-refractivity contribution in [2.75, 3.05) is 30.7 Å². The summed E-state index contributed by atoms with van der Waals surface area (Å²) < 4.78 is 0. The summed E-state index contributed by atoms with van der Waals surface area (Å²) in [7, 11) is 0. The van der Waals surface area contributed by atoms with Crippen LogP contribution >= 0.6 is 11.6 Å². The molecular weight excluding hydrogens is 290 g/mol. The number of amides is 1. The number of carbonyl (C=O) groups excluding carboxylic acids is 1. The molecule has 6 heteroatoms. The molecule has 1 heterocycles. The van der Waals surface area contributed by atoms with Crippen LogP contribution in [0.5, 0.6) is 0 Å². The van der Waals surface area contributed by atoms with Gasteiger partial charge in [0.2, 0.25) is 5.91 Å². The van der Waals surface area contributed by atoms with Crippen molar-refractivity contribution in [3.05, 3.63) is 23.2 Å². The van der Waals surface area contributed by atoms with Gasteiger partial charge in [0.15, 0.2) is 0 Å². The monoisotopic (exact) mass is 311 g/mol. The molecule has 21 heavy (non-hydrogen) atoms. The highest BCUT2D eigenvalue weighted by atomic mass is 35.5. The number of nitrogens with one attached hydrogen (secondary N) is 1. The van der Waals surface area contributed by atoms with Gasteiger partial charge in [0.25, 0.3) is 0 Å². The predicted octanol–water partition coefficient (Wildman–Crippen LogP) is 2.10. The Balaban J connectivity index is 1.70. The molecule has 1 aliphatic rings. The van der Waals surface area contributed by atoms with Crippen molar-refractivity contribution in [2.24, 2.45) is 0 Å². The van der Waals surface area contributed by atoms with E-state index in [4.69, 9.17) is 17.3 Å². The molecule has 1 aliphatic heterocycles. The smallest absolute Gasteiger partial charge is 0.224 e. The topological polar surface area (TPSA) is 78.6 Å². The van der Waals surface area contributed by atoms with Crippen LogP contribution in [-0.4, -0.2) is 41.7 Å². The van der Waals surface area contributed by atoms with Crippen molar-refractivity contribution in [1.82, 2.24) is 4.90 Å². The Bertz CT molecular complexity index is 496. The predicted molar refractivity (Wildman–Crippen MR) is 85.4 cm³/mol. The number of nitrogens with two attached hydrogens (primary N) is 1. The molecule has 0 aliphatic carbocycles. The van der Waals surface area contributed by atoms with Crippen LogP contribution in [0.25, 0.3) is 0 Å². The quantitative estimate of drug-likeness (QED) is 0.728. The lowest BCUT2D eigenvalue weighted by Crippen LogP contribution is -2.38. The number of halogens is 1. The Hall–Kier alpha value is -1.30. The van der Waals surface area contributed by atoms with Crippen molar-refractivity contribution in [2.45, 2.75) is 31.8 Å². The number of rotatable bonds is 5. The van der Waals surface area contributed by atoms with Crippen LogP contribution in [-0.2, 0) is 4.79 Å². The number of piperidine rings is 1. The standard InChI is InChI=1S/C15H22ClN3O2/c16-13-6-5-11(9-14(13)17)18-15(21)4-2-8-19-7-1-3-12(20)10-19/h5-6,9,12,20H,1-4,7-8,10,17H2,(H,18,21). The molecule has 1 saturated heterocycles. The molecule has 116 valence electrons. The molecule has 1 aromatic carbocycles. The van der Waals surface area contributed by atoms with Gasteiger partial charge in [0.1, 0.15) is 0 Å². The fourth-order valence-corrected chi connectivity index (χ4v) is 2.66. The summed E-state index contributed by atoms with van der Waals surface area (Å²) >= 11 is 5.83. The molecular formula is C15H22ClN3O2. The zero-order valence-electron chi connectivity index (χ0n) is 12.0. The number of likely N-dealkylation sites (tertiary alicyclic amines) is 1. The molecule has 0 radical (unpaired) electrons. The number of hydrogen-bond donors (Lipinski definition) is 3. The van der Waals surface area contributed by atoms with Gasteiger partial charge in [-0.25, -0.2) is 0 Å². The third-order valence-electron chi connectivity index (χ3n) is 3.64. The third-order valence-corrected chi connectivity index (χ3v) is 3.98. The van der Waals surface area contributed by atoms with Gasteiger partial charge in [-0.05, 0) is 50.6 Å². The number of nitrogen functional groups attached to an aromatic ring is 1. The van der Waals surface area contributed by atoms with Crippen molar-refractivity contribution < 1.29 is 9.90 Å². The van der Waals surface area contributed by atoms with Gasteiger partial charge < -0.3 is 21.1 Å². The van der Waals surface area contributed by atoms with Gasteiger partial charge in [0, 0.05) is 18.7 Å². The van der Waals surface area contributed by atoms with Crippen LogP contribution in [0.15, 0.2) is 18.2 Å². The van der Waals surface area contributed by atoms with Crippen LogP contribution in [0, 0.1) is 0 Å². The molecule has 1 aromatic rings. The van der Waals surface area contributed by atoms with E-state index in [9.17, 15) is 9.90 Å². The van der Waals surface area contributed by atoms with Gasteiger partial charge in [-0.15, -0.1) is 0 Å². The SMILES string of the molecule is Nc1cc(NC(=O)CCCN2CCCC(O)C2)ccc1Cl. The number of β-amino-alcohol motifs (C(OH)–C–C–N with tert-alkyl or cyclic N) is 1. The minimum Gasteiger partial charge on any atom is -0.397 e. The Kier molecular flexibility index (Phi) is 5.85. The molecule has 4 N–H and O–H groups in total. The van der Waals surface area contributed by atoms with E-state index in [-0.39, 0.29) is 12.0 Å². The van der Waals surface area contributed by atoms with Crippen LogP contribution in [0.1, 0.15) is 25.7 Å². The summed E-state index contributed by atoms with van der Waals surface area (Å²) in [6.07, 6.45) is 2.92. The molecule has 1 unspecified atom stereocenters. The van der Waals surface area contributed by atoms with Crippen molar-refractivity contribution >= 4 is 28.9 Å². The molecule has 0 bridgehead atoms. The third kappa shape index (κ3) is 5.19. The summed E-state index contributed by atoms with van der Waals surface area (Å²) in [5, 5.41) is 12.9. The Labute approximate surface area is 130 Å². The van der Waals surface area contributed by atoms with Gasteiger partial charge >= 0.3 is 0 Å². The highest BCUT2D eigenvalue weighted by Crippen LogP contribution is 2.22. The summed E-state index contributed by atoms with van der Waals surface area (Å²) in [5.74, 6) is -0.0331. The summed E-state index contributed by atoms with van der Waals surface area (Å²) in [6, 6.07) is 5.06. The highest BCUT2D eigenvalue weighted by Gasteiger charge is 2.17. The zero-order chi connectivity index (χ0) is 15.2. The second-order valence-electron chi connectivity index (χ2n) is 5.48. The number of aliphatic hydroxyl groups excluding tert-OH is 1. The number of benzene rings is 1. The molecule has 1 fully saturated rings. The molecule has 5 nitrogen and oxygen atoms in total. The first kappa shape index (κ1) is 16.1. The fraction of sp³-hybridized carbons (Fsp3) is 0.533. The normalized spacial score (nSPS) is 19.4. The molecule has 0 aromatic heterocycles. The number of hydrogen-bond acceptors (Lipinski definition) is 4. The lowest BCUT2D eigenvalue weighted by Gasteiger charge is -2.29. The molecule has 1 amide bonds. The number of nitrogens with zero attached hydrogens (tertiary/aromatic N) is 1. The maximum absolute atomic E-state index is 11.9. The fourth-order valence-electron chi connectivity index (χ4n) is 2.54. The highest BCUT2D eigenvalue weighted by molar-refractivity contribution is 6.33. The Morgan fingerprint density at radius 2 is 2.33 bits per heavy atom. The second-order valence-corrected chi connectivity index (χ2v) is 5.89. The maximum atomic E-state index is 11.9. The van der Waals surface area contributed by atoms with Crippen molar-refractivity contribution in [3.8, 4) is 0 Å². The Morgan fingerprint density at radius 3 is 3.05 bits per heavy atom. The lowest BCUT2D eigenvalue weighted by atomic mass is 10.1. The molecule has 0 saturated carbocycles. The Morgan fingerprint density at radius 1 is 1.52 bits per heavy atom. The molecule has 0 spiro atoms. The van der Waals surface area contributed by atoms with Gasteiger partial charge in [0.05, 0.1) is 16.8 Å². The van der Waals surface area contributed by atoms with Gasteiger partial charge in [-0.2, -0.15) is 0 Å². The lowest BCUT2D eigenvalue weighted by molar-refractivity contribution is -0.116. The number of aliphatic hydroxyl groups is 1.